The fourth-order valence-electron chi connectivity index (χ4n) is 4.89. The summed E-state index contributed by atoms with van der Waals surface area (Å²) in [4.78, 5) is 26.7. The molecule has 1 heterocycles. The van der Waals surface area contributed by atoms with Gasteiger partial charge in [0, 0.05) is 30.2 Å². The lowest BCUT2D eigenvalue weighted by molar-refractivity contribution is -0.139. The largest absolute Gasteiger partial charge is 0.497 e. The molecule has 0 amide bonds. The molecule has 0 saturated carbocycles. The van der Waals surface area contributed by atoms with Crippen LogP contribution in [0.1, 0.15) is 44.2 Å². The van der Waals surface area contributed by atoms with Gasteiger partial charge in [0.15, 0.2) is 0 Å². The number of nitrogens with one attached hydrogen (secondary N) is 1. The molecule has 0 saturated heterocycles. The zero-order chi connectivity index (χ0) is 23.6. The number of esters is 1. The molecule has 2 unspecified atom stereocenters. The van der Waals surface area contributed by atoms with Gasteiger partial charge in [0.05, 0.1) is 25.2 Å². The molecule has 0 bridgehead atoms. The molecule has 0 fully saturated rings. The van der Waals surface area contributed by atoms with Gasteiger partial charge in [0.2, 0.25) is 0 Å². The van der Waals surface area contributed by atoms with Crippen LogP contribution in [0.3, 0.4) is 0 Å². The van der Waals surface area contributed by atoms with Crippen LogP contribution in [-0.2, 0) is 20.7 Å². The second-order valence-corrected chi connectivity index (χ2v) is 9.50. The van der Waals surface area contributed by atoms with E-state index in [1.807, 2.05) is 61.5 Å². The van der Waals surface area contributed by atoms with Crippen molar-refractivity contribution >= 4 is 11.8 Å². The number of allylic oxidation sites excluding steroid dienone is 3. The van der Waals surface area contributed by atoms with Crippen LogP contribution in [0.4, 0.5) is 0 Å². The zero-order valence-electron chi connectivity index (χ0n) is 19.7. The highest BCUT2D eigenvalue weighted by molar-refractivity contribution is 5.96. The first-order valence-electron chi connectivity index (χ1n) is 11.4. The molecule has 2 atom stereocenters. The molecule has 172 valence electrons. The van der Waals surface area contributed by atoms with E-state index in [1.165, 1.54) is 0 Å². The number of Topliss-reactive ketones (excluding diaryl/α,β-unsaturated/α-hetero) is 1. The Kier molecular flexibility index (Phi) is 6.41. The number of hydrogen-bond donors (Lipinski definition) is 1. The first-order chi connectivity index (χ1) is 15.8. The summed E-state index contributed by atoms with van der Waals surface area (Å²) in [5, 5.41) is 3.36. The first-order valence-corrected chi connectivity index (χ1v) is 11.4. The molecule has 5 heteroatoms. The van der Waals surface area contributed by atoms with Crippen LogP contribution < -0.4 is 10.1 Å². The van der Waals surface area contributed by atoms with E-state index in [1.54, 1.807) is 7.11 Å². The number of ether oxygens (including phenoxy) is 2. The third kappa shape index (κ3) is 4.87. The predicted molar refractivity (Wildman–Crippen MR) is 128 cm³/mol. The summed E-state index contributed by atoms with van der Waals surface area (Å²) in [6, 6.07) is 17.5. The van der Waals surface area contributed by atoms with Crippen molar-refractivity contribution in [2.24, 2.45) is 11.3 Å². The SMILES string of the molecule is COc1ccc(C2C(C(=O)OCCc3ccccc3)=C(C)NC3=CC(C)(C)CC(=O)C32)cc1. The summed E-state index contributed by atoms with van der Waals surface area (Å²) in [5.74, 6) is -0.364. The number of methoxy groups -OCH3 is 1. The van der Waals surface area contributed by atoms with Gasteiger partial charge in [-0.05, 0) is 35.6 Å². The fraction of sp³-hybridized carbons (Fsp3) is 0.357. The third-order valence-corrected chi connectivity index (χ3v) is 6.40. The number of rotatable bonds is 6. The Morgan fingerprint density at radius 2 is 1.76 bits per heavy atom. The van der Waals surface area contributed by atoms with E-state index in [9.17, 15) is 9.59 Å². The fourth-order valence-corrected chi connectivity index (χ4v) is 4.89. The van der Waals surface area contributed by atoms with Crippen LogP contribution in [0.15, 0.2) is 77.6 Å². The van der Waals surface area contributed by atoms with Crippen LogP contribution in [0.5, 0.6) is 5.75 Å². The lowest BCUT2D eigenvalue weighted by atomic mass is 9.66. The molecule has 2 aliphatic rings. The van der Waals surface area contributed by atoms with Crippen LogP contribution in [-0.4, -0.2) is 25.5 Å². The minimum Gasteiger partial charge on any atom is -0.497 e. The Morgan fingerprint density at radius 3 is 2.42 bits per heavy atom. The minimum atomic E-state index is -0.438. The average Bonchev–Trinajstić information content (AvgIpc) is 2.78. The van der Waals surface area contributed by atoms with Gasteiger partial charge in [-0.3, -0.25) is 4.79 Å². The normalized spacial score (nSPS) is 21.6. The monoisotopic (exact) mass is 445 g/mol. The van der Waals surface area contributed by atoms with Gasteiger partial charge < -0.3 is 14.8 Å². The second-order valence-electron chi connectivity index (χ2n) is 9.50. The van der Waals surface area contributed by atoms with Crippen molar-refractivity contribution in [3.8, 4) is 5.75 Å². The van der Waals surface area contributed by atoms with Crippen molar-refractivity contribution in [3.05, 3.63) is 88.8 Å². The van der Waals surface area contributed by atoms with Crippen LogP contribution in [0.25, 0.3) is 0 Å². The summed E-state index contributed by atoms with van der Waals surface area (Å²) < 4.78 is 11.0. The number of carbonyl (C=O) groups excluding carboxylic acids is 2. The highest BCUT2D eigenvalue weighted by Gasteiger charge is 2.46. The smallest absolute Gasteiger partial charge is 0.336 e. The molecule has 2 aromatic rings. The maximum atomic E-state index is 13.3. The van der Waals surface area contributed by atoms with E-state index in [-0.39, 0.29) is 23.8 Å². The highest BCUT2D eigenvalue weighted by atomic mass is 16.5. The zero-order valence-corrected chi connectivity index (χ0v) is 19.7. The summed E-state index contributed by atoms with van der Waals surface area (Å²) in [6.45, 7) is 6.28. The Morgan fingerprint density at radius 1 is 1.06 bits per heavy atom. The van der Waals surface area contributed by atoms with Crippen LogP contribution in [0, 0.1) is 11.3 Å². The Labute approximate surface area is 195 Å². The van der Waals surface area contributed by atoms with Crippen molar-refractivity contribution in [1.82, 2.24) is 5.32 Å². The molecule has 2 aromatic carbocycles. The molecule has 4 rings (SSSR count). The van der Waals surface area contributed by atoms with Crippen molar-refractivity contribution in [2.75, 3.05) is 13.7 Å². The maximum absolute atomic E-state index is 13.3. The molecule has 5 nitrogen and oxygen atoms in total. The van der Waals surface area contributed by atoms with Gasteiger partial charge in [-0.25, -0.2) is 4.79 Å². The van der Waals surface area contributed by atoms with Gasteiger partial charge in [-0.15, -0.1) is 0 Å². The van der Waals surface area contributed by atoms with Gasteiger partial charge >= 0.3 is 5.97 Å². The number of hydrogen-bond acceptors (Lipinski definition) is 5. The molecule has 1 aliphatic heterocycles. The lowest BCUT2D eigenvalue weighted by Crippen LogP contribution is -2.43. The molecule has 1 aliphatic carbocycles. The summed E-state index contributed by atoms with van der Waals surface area (Å²) in [5.41, 5.74) is 3.90. The first kappa shape index (κ1) is 22.8. The summed E-state index contributed by atoms with van der Waals surface area (Å²) in [7, 11) is 1.62. The van der Waals surface area contributed by atoms with E-state index < -0.39 is 11.8 Å². The van der Waals surface area contributed by atoms with Crippen molar-refractivity contribution < 1.29 is 19.1 Å². The van der Waals surface area contributed by atoms with Crippen molar-refractivity contribution in [2.45, 2.75) is 39.5 Å². The van der Waals surface area contributed by atoms with Gasteiger partial charge in [-0.1, -0.05) is 62.4 Å². The molecular formula is C28H31NO4. The van der Waals surface area contributed by atoms with Crippen molar-refractivity contribution in [3.63, 3.8) is 0 Å². The van der Waals surface area contributed by atoms with Crippen molar-refractivity contribution in [1.29, 1.82) is 0 Å². The van der Waals surface area contributed by atoms with E-state index >= 15 is 0 Å². The highest BCUT2D eigenvalue weighted by Crippen LogP contribution is 2.47. The van der Waals surface area contributed by atoms with Gasteiger partial charge in [0.1, 0.15) is 11.5 Å². The van der Waals surface area contributed by atoms with E-state index in [0.717, 1.165) is 28.3 Å². The van der Waals surface area contributed by atoms with E-state index in [4.69, 9.17) is 9.47 Å². The maximum Gasteiger partial charge on any atom is 0.336 e. The van der Waals surface area contributed by atoms with E-state index in [0.29, 0.717) is 18.4 Å². The predicted octanol–water partition coefficient (Wildman–Crippen LogP) is 4.94. The van der Waals surface area contributed by atoms with E-state index in [2.05, 4.69) is 25.2 Å². The lowest BCUT2D eigenvalue weighted by Gasteiger charge is -2.41. The second kappa shape index (κ2) is 9.26. The summed E-state index contributed by atoms with van der Waals surface area (Å²) in [6.07, 6.45) is 3.21. The third-order valence-electron chi connectivity index (χ3n) is 6.40. The molecule has 1 N–H and O–H groups in total. The standard InChI is InChI=1S/C28H31NO4/c1-18-24(27(31)33-15-14-19-8-6-5-7-9-19)25(20-10-12-21(32-4)13-11-20)26-22(29-18)16-28(2,3)17-23(26)30/h5-13,16,25-26,29H,14-15,17H2,1-4H3. The number of carbonyl (C=O) groups is 2. The topological polar surface area (TPSA) is 64.6 Å². The molecule has 0 radical (unpaired) electrons. The van der Waals surface area contributed by atoms with Crippen LogP contribution in [0.2, 0.25) is 0 Å². The Bertz CT molecular complexity index is 1100. The van der Waals surface area contributed by atoms with Crippen LogP contribution >= 0.6 is 0 Å². The van der Waals surface area contributed by atoms with Gasteiger partial charge in [0.25, 0.3) is 0 Å². The van der Waals surface area contributed by atoms with Gasteiger partial charge in [-0.2, -0.15) is 0 Å². The Hall–Kier alpha value is -3.34. The molecule has 33 heavy (non-hydrogen) atoms. The number of benzene rings is 2. The molecule has 0 aromatic heterocycles. The quantitative estimate of drug-likeness (QED) is 0.638. The average molecular weight is 446 g/mol. The molecular weight excluding hydrogens is 414 g/mol. The number of fused-ring (bicyclic) bond motifs is 1. The molecule has 0 spiro atoms. The summed E-state index contributed by atoms with van der Waals surface area (Å²) >= 11 is 0. The Balaban J connectivity index is 1.67. The minimum absolute atomic E-state index is 0.132. The number of ketones is 1.